The lowest BCUT2D eigenvalue weighted by molar-refractivity contribution is -0.116. The minimum absolute atomic E-state index is 0.00233. The van der Waals surface area contributed by atoms with Crippen molar-refractivity contribution in [1.29, 1.82) is 0 Å². The molecule has 0 fully saturated rings. The molecule has 3 heterocycles. The maximum absolute atomic E-state index is 12.3. The van der Waals surface area contributed by atoms with Crippen molar-refractivity contribution >= 4 is 45.8 Å². The maximum atomic E-state index is 12.3. The summed E-state index contributed by atoms with van der Waals surface area (Å²) >= 11 is 11.8. The van der Waals surface area contributed by atoms with E-state index in [4.69, 9.17) is 23.2 Å². The molecule has 3 aromatic heterocycles. The lowest BCUT2D eigenvalue weighted by atomic mass is 10.00. The summed E-state index contributed by atoms with van der Waals surface area (Å²) in [7, 11) is 1.87. The molecule has 0 spiro atoms. The molecule has 0 saturated carbocycles. The van der Waals surface area contributed by atoms with Gasteiger partial charge in [0, 0.05) is 18.9 Å². The first-order valence-electron chi connectivity index (χ1n) is 8.66. The van der Waals surface area contributed by atoms with Gasteiger partial charge in [0.1, 0.15) is 16.1 Å². The molecule has 142 valence electrons. The van der Waals surface area contributed by atoms with E-state index in [2.05, 4.69) is 34.2 Å². The maximum Gasteiger partial charge on any atom is 0.160 e. The standard InChI is InChI=1S/C19H21Cl2N5O/c1-10(2)14-8-17(24-19-18(14)11(3)25-26(19)4)22-9-13(27)5-12-6-15(20)23-16(21)7-12/h6-8,10H,5,9H2,1-4H3,(H,22,24). The molecule has 0 aliphatic rings. The van der Waals surface area contributed by atoms with Crippen molar-refractivity contribution in [1.82, 2.24) is 19.7 Å². The SMILES string of the molecule is Cc1nn(C)c2nc(NCC(=O)Cc3cc(Cl)nc(Cl)c3)cc(C(C)C)c12. The summed E-state index contributed by atoms with van der Waals surface area (Å²) in [4.78, 5) is 20.9. The zero-order valence-electron chi connectivity index (χ0n) is 15.7. The van der Waals surface area contributed by atoms with Crippen LogP contribution in [0.3, 0.4) is 0 Å². The number of aryl methyl sites for hydroxylation is 2. The van der Waals surface area contributed by atoms with Gasteiger partial charge in [-0.05, 0) is 42.2 Å². The smallest absolute Gasteiger partial charge is 0.160 e. The monoisotopic (exact) mass is 405 g/mol. The highest BCUT2D eigenvalue weighted by atomic mass is 35.5. The van der Waals surface area contributed by atoms with Gasteiger partial charge in [-0.3, -0.25) is 9.48 Å². The number of halogens is 2. The number of nitrogens with zero attached hydrogens (tertiary/aromatic N) is 4. The fraction of sp³-hybridized carbons (Fsp3) is 0.368. The number of aromatic nitrogens is 4. The van der Waals surface area contributed by atoms with E-state index in [-0.39, 0.29) is 29.1 Å². The Hall–Kier alpha value is -2.18. The first-order chi connectivity index (χ1) is 12.7. The molecular weight excluding hydrogens is 385 g/mol. The lowest BCUT2D eigenvalue weighted by Gasteiger charge is -2.12. The minimum Gasteiger partial charge on any atom is -0.363 e. The van der Waals surface area contributed by atoms with Gasteiger partial charge < -0.3 is 5.32 Å². The molecule has 0 aliphatic carbocycles. The second-order valence-corrected chi connectivity index (χ2v) is 7.62. The molecule has 0 atom stereocenters. The Morgan fingerprint density at radius 3 is 2.48 bits per heavy atom. The molecule has 8 heteroatoms. The Morgan fingerprint density at radius 1 is 1.19 bits per heavy atom. The normalized spacial score (nSPS) is 11.4. The van der Waals surface area contributed by atoms with E-state index in [1.165, 1.54) is 0 Å². The Balaban J connectivity index is 1.78. The number of Topliss-reactive ketones (excluding diaryl/α,β-unsaturated/α-hetero) is 1. The average Bonchev–Trinajstić information content (AvgIpc) is 2.85. The summed E-state index contributed by atoms with van der Waals surface area (Å²) < 4.78 is 1.77. The number of rotatable bonds is 6. The van der Waals surface area contributed by atoms with Crippen LogP contribution in [0, 0.1) is 6.92 Å². The van der Waals surface area contributed by atoms with Gasteiger partial charge in [0.2, 0.25) is 0 Å². The van der Waals surface area contributed by atoms with Crippen molar-refractivity contribution in [2.75, 3.05) is 11.9 Å². The highest BCUT2D eigenvalue weighted by Gasteiger charge is 2.16. The zero-order chi connectivity index (χ0) is 19.7. The molecule has 0 unspecified atom stereocenters. The number of pyridine rings is 2. The van der Waals surface area contributed by atoms with Gasteiger partial charge in [0.15, 0.2) is 11.4 Å². The van der Waals surface area contributed by atoms with Crippen molar-refractivity contribution in [3.05, 3.63) is 45.3 Å². The average molecular weight is 406 g/mol. The van der Waals surface area contributed by atoms with Gasteiger partial charge in [-0.2, -0.15) is 5.10 Å². The third kappa shape index (κ3) is 4.39. The summed E-state index contributed by atoms with van der Waals surface area (Å²) in [6.45, 7) is 6.40. The molecule has 1 N–H and O–H groups in total. The fourth-order valence-corrected chi connectivity index (χ4v) is 3.63. The highest BCUT2D eigenvalue weighted by molar-refractivity contribution is 6.32. The van der Waals surface area contributed by atoms with Crippen molar-refractivity contribution in [3.8, 4) is 0 Å². The van der Waals surface area contributed by atoms with Crippen LogP contribution in [0.25, 0.3) is 11.0 Å². The minimum atomic E-state index is 0.00233. The first-order valence-corrected chi connectivity index (χ1v) is 9.42. The quantitative estimate of drug-likeness (QED) is 0.617. The van der Waals surface area contributed by atoms with Crippen molar-refractivity contribution in [2.24, 2.45) is 7.05 Å². The Morgan fingerprint density at radius 2 is 1.85 bits per heavy atom. The van der Waals surface area contributed by atoms with Crippen LogP contribution >= 0.6 is 23.2 Å². The molecular formula is C19H21Cl2N5O. The van der Waals surface area contributed by atoms with Crippen LogP contribution in [0.5, 0.6) is 0 Å². The predicted octanol–water partition coefficient (Wildman–Crippen LogP) is 4.33. The lowest BCUT2D eigenvalue weighted by Crippen LogP contribution is -2.17. The third-order valence-electron chi connectivity index (χ3n) is 4.31. The zero-order valence-corrected chi connectivity index (χ0v) is 17.2. The van der Waals surface area contributed by atoms with Crippen LogP contribution in [0.1, 0.15) is 36.6 Å². The molecule has 0 aromatic carbocycles. The van der Waals surface area contributed by atoms with Gasteiger partial charge in [-0.1, -0.05) is 37.0 Å². The molecule has 27 heavy (non-hydrogen) atoms. The van der Waals surface area contributed by atoms with Crippen LogP contribution in [0.4, 0.5) is 5.82 Å². The molecule has 0 radical (unpaired) electrons. The molecule has 6 nitrogen and oxygen atoms in total. The van der Waals surface area contributed by atoms with Crippen LogP contribution < -0.4 is 5.32 Å². The summed E-state index contributed by atoms with van der Waals surface area (Å²) in [5, 5.41) is 9.23. The summed E-state index contributed by atoms with van der Waals surface area (Å²) in [6.07, 6.45) is 0.221. The first kappa shape index (κ1) is 19.6. The van der Waals surface area contributed by atoms with E-state index in [1.54, 1.807) is 16.8 Å². The van der Waals surface area contributed by atoms with Gasteiger partial charge in [0.05, 0.1) is 12.2 Å². The van der Waals surface area contributed by atoms with E-state index in [0.29, 0.717) is 11.7 Å². The van der Waals surface area contributed by atoms with Gasteiger partial charge >= 0.3 is 0 Å². The molecule has 0 bridgehead atoms. The summed E-state index contributed by atoms with van der Waals surface area (Å²) in [5.74, 6) is 0.978. The van der Waals surface area contributed by atoms with E-state index >= 15 is 0 Å². The Bertz CT molecular complexity index is 993. The largest absolute Gasteiger partial charge is 0.363 e. The molecule has 0 aliphatic heterocycles. The second kappa shape index (κ2) is 7.82. The Labute approximate surface area is 167 Å². The number of anilines is 1. The third-order valence-corrected chi connectivity index (χ3v) is 4.70. The fourth-order valence-electron chi connectivity index (χ4n) is 3.12. The Kier molecular flexibility index (Phi) is 5.67. The van der Waals surface area contributed by atoms with Crippen molar-refractivity contribution < 1.29 is 4.79 Å². The number of carbonyl (C=O) groups excluding carboxylic acids is 1. The van der Waals surface area contributed by atoms with Crippen LogP contribution in [-0.4, -0.2) is 32.1 Å². The number of hydrogen-bond acceptors (Lipinski definition) is 5. The molecule has 0 amide bonds. The molecule has 3 rings (SSSR count). The summed E-state index contributed by atoms with van der Waals surface area (Å²) in [5.41, 5.74) is 3.66. The van der Waals surface area contributed by atoms with Crippen LogP contribution in [-0.2, 0) is 18.3 Å². The number of nitrogens with one attached hydrogen (secondary N) is 1. The van der Waals surface area contributed by atoms with Gasteiger partial charge in [-0.25, -0.2) is 9.97 Å². The highest BCUT2D eigenvalue weighted by Crippen LogP contribution is 2.29. The van der Waals surface area contributed by atoms with E-state index in [9.17, 15) is 4.79 Å². The van der Waals surface area contributed by atoms with E-state index in [0.717, 1.165) is 27.9 Å². The van der Waals surface area contributed by atoms with Gasteiger partial charge in [-0.15, -0.1) is 0 Å². The molecule has 0 saturated heterocycles. The summed E-state index contributed by atoms with van der Waals surface area (Å²) in [6, 6.07) is 5.28. The van der Waals surface area contributed by atoms with Crippen LogP contribution in [0.2, 0.25) is 10.3 Å². The van der Waals surface area contributed by atoms with Crippen molar-refractivity contribution in [3.63, 3.8) is 0 Å². The van der Waals surface area contributed by atoms with Crippen molar-refractivity contribution in [2.45, 2.75) is 33.1 Å². The van der Waals surface area contributed by atoms with Gasteiger partial charge in [0.25, 0.3) is 0 Å². The number of carbonyl (C=O) groups is 1. The number of ketones is 1. The topological polar surface area (TPSA) is 72.7 Å². The molecule has 3 aromatic rings. The number of hydrogen-bond donors (Lipinski definition) is 1. The van der Waals surface area contributed by atoms with Crippen LogP contribution in [0.15, 0.2) is 18.2 Å². The number of fused-ring (bicyclic) bond motifs is 1. The van der Waals surface area contributed by atoms with E-state index in [1.807, 2.05) is 20.0 Å². The predicted molar refractivity (Wildman–Crippen MR) is 109 cm³/mol. The second-order valence-electron chi connectivity index (χ2n) is 6.85. The van der Waals surface area contributed by atoms with E-state index < -0.39 is 0 Å².